The molecule has 0 radical (unpaired) electrons. The number of carbonyl (C=O) groups excluding carboxylic acids is 1. The molecule has 1 aromatic rings. The first kappa shape index (κ1) is 14.5. The van der Waals surface area contributed by atoms with Crippen molar-refractivity contribution in [2.75, 3.05) is 0 Å². The van der Waals surface area contributed by atoms with Crippen LogP contribution in [0.15, 0.2) is 43.0 Å². The molecule has 1 unspecified atom stereocenters. The van der Waals surface area contributed by atoms with Gasteiger partial charge in [0.25, 0.3) is 0 Å². The summed E-state index contributed by atoms with van der Waals surface area (Å²) in [5, 5.41) is 0. The first-order valence-electron chi connectivity index (χ1n) is 6.66. The van der Waals surface area contributed by atoms with Crippen molar-refractivity contribution < 1.29 is 9.53 Å². The normalized spacial score (nSPS) is 11.8. The maximum absolute atomic E-state index is 11.8. The van der Waals surface area contributed by atoms with Gasteiger partial charge in [-0.2, -0.15) is 0 Å². The molecule has 0 fully saturated rings. The Morgan fingerprint density at radius 1 is 1.28 bits per heavy atom. The number of esters is 1. The van der Waals surface area contributed by atoms with E-state index in [1.54, 1.807) is 18.2 Å². The van der Waals surface area contributed by atoms with Gasteiger partial charge in [-0.25, -0.2) is 4.79 Å². The van der Waals surface area contributed by atoms with Crippen LogP contribution in [0.5, 0.6) is 0 Å². The number of hydrogen-bond donors (Lipinski definition) is 0. The number of carbonyl (C=O) groups is 1. The Kier molecular flexibility index (Phi) is 6.85. The minimum absolute atomic E-state index is 0.172. The smallest absolute Gasteiger partial charge is 0.338 e. The van der Waals surface area contributed by atoms with Crippen LogP contribution in [0.2, 0.25) is 0 Å². The molecule has 0 aliphatic heterocycles. The molecule has 0 amide bonds. The van der Waals surface area contributed by atoms with E-state index in [0.29, 0.717) is 5.56 Å². The summed E-state index contributed by atoms with van der Waals surface area (Å²) in [5.41, 5.74) is 0.595. The van der Waals surface area contributed by atoms with E-state index in [-0.39, 0.29) is 12.1 Å². The zero-order valence-electron chi connectivity index (χ0n) is 11.1. The van der Waals surface area contributed by atoms with E-state index in [1.807, 2.05) is 18.2 Å². The maximum atomic E-state index is 11.8. The highest BCUT2D eigenvalue weighted by atomic mass is 16.5. The lowest BCUT2D eigenvalue weighted by Gasteiger charge is -2.13. The molecule has 2 nitrogen and oxygen atoms in total. The van der Waals surface area contributed by atoms with Crippen molar-refractivity contribution in [1.82, 2.24) is 0 Å². The highest BCUT2D eigenvalue weighted by Gasteiger charge is 2.12. The first-order chi connectivity index (χ1) is 8.77. The third-order valence-corrected chi connectivity index (χ3v) is 2.87. The first-order valence-corrected chi connectivity index (χ1v) is 6.66. The van der Waals surface area contributed by atoms with Crippen molar-refractivity contribution in [2.45, 2.75) is 45.1 Å². The minimum atomic E-state index is -0.268. The fourth-order valence-electron chi connectivity index (χ4n) is 1.78. The quantitative estimate of drug-likeness (QED) is 0.387. The zero-order chi connectivity index (χ0) is 13.2. The second kappa shape index (κ2) is 8.51. The Labute approximate surface area is 110 Å². The summed E-state index contributed by atoms with van der Waals surface area (Å²) < 4.78 is 5.41. The number of ether oxygens (including phenoxy) is 1. The van der Waals surface area contributed by atoms with Gasteiger partial charge in [0.15, 0.2) is 0 Å². The third kappa shape index (κ3) is 5.17. The molecule has 0 aliphatic rings. The summed E-state index contributed by atoms with van der Waals surface area (Å²) in [4.78, 5) is 11.8. The van der Waals surface area contributed by atoms with Crippen LogP contribution in [-0.2, 0) is 4.74 Å². The van der Waals surface area contributed by atoms with E-state index >= 15 is 0 Å². The summed E-state index contributed by atoms with van der Waals surface area (Å²) in [6.45, 7) is 5.91. The molecule has 0 saturated heterocycles. The van der Waals surface area contributed by atoms with Crippen LogP contribution in [0.1, 0.15) is 49.4 Å². The lowest BCUT2D eigenvalue weighted by Crippen LogP contribution is -2.16. The van der Waals surface area contributed by atoms with Crippen molar-refractivity contribution in [1.29, 1.82) is 0 Å². The standard InChI is InChI=1S/C16H22O2/c1-3-5-6-10-13-15(4-2)18-16(17)14-11-8-7-9-12-14/h4,7-9,11-12,15H,2-3,5-6,10,13H2,1H3. The lowest BCUT2D eigenvalue weighted by molar-refractivity contribution is 0.0376. The number of rotatable bonds is 8. The van der Waals surface area contributed by atoms with Crippen LogP contribution in [-0.4, -0.2) is 12.1 Å². The summed E-state index contributed by atoms with van der Waals surface area (Å²) in [6.07, 6.45) is 7.11. The van der Waals surface area contributed by atoms with Crippen molar-refractivity contribution in [2.24, 2.45) is 0 Å². The molecule has 1 atom stereocenters. The molecule has 1 rings (SSSR count). The molecule has 18 heavy (non-hydrogen) atoms. The van der Waals surface area contributed by atoms with Gasteiger partial charge in [-0.1, -0.05) is 57.0 Å². The van der Waals surface area contributed by atoms with E-state index in [0.717, 1.165) is 12.8 Å². The second-order valence-corrected chi connectivity index (χ2v) is 4.39. The van der Waals surface area contributed by atoms with Crippen molar-refractivity contribution in [3.63, 3.8) is 0 Å². The van der Waals surface area contributed by atoms with Gasteiger partial charge in [0.2, 0.25) is 0 Å². The molecule has 0 saturated carbocycles. The molecule has 0 aliphatic carbocycles. The van der Waals surface area contributed by atoms with Crippen molar-refractivity contribution >= 4 is 5.97 Å². The molecule has 2 heteroatoms. The summed E-state index contributed by atoms with van der Waals surface area (Å²) in [6, 6.07) is 9.08. The second-order valence-electron chi connectivity index (χ2n) is 4.39. The van der Waals surface area contributed by atoms with Gasteiger partial charge >= 0.3 is 5.97 Å². The molecular formula is C16H22O2. The van der Waals surface area contributed by atoms with E-state index in [4.69, 9.17) is 4.74 Å². The Morgan fingerprint density at radius 2 is 2.00 bits per heavy atom. The van der Waals surface area contributed by atoms with E-state index in [1.165, 1.54) is 19.3 Å². The van der Waals surface area contributed by atoms with Gasteiger partial charge in [-0.3, -0.25) is 0 Å². The van der Waals surface area contributed by atoms with Gasteiger partial charge in [0, 0.05) is 0 Å². The Bertz CT molecular complexity index is 357. The van der Waals surface area contributed by atoms with Crippen LogP contribution in [0, 0.1) is 0 Å². The highest BCUT2D eigenvalue weighted by molar-refractivity contribution is 5.89. The van der Waals surface area contributed by atoms with E-state index in [9.17, 15) is 4.79 Å². The fraction of sp³-hybridized carbons (Fsp3) is 0.438. The molecular weight excluding hydrogens is 224 g/mol. The van der Waals surface area contributed by atoms with Gasteiger partial charge < -0.3 is 4.74 Å². The fourth-order valence-corrected chi connectivity index (χ4v) is 1.78. The Balaban J connectivity index is 2.38. The van der Waals surface area contributed by atoms with Crippen LogP contribution < -0.4 is 0 Å². The average molecular weight is 246 g/mol. The van der Waals surface area contributed by atoms with Crippen LogP contribution in [0.4, 0.5) is 0 Å². The topological polar surface area (TPSA) is 26.3 Å². The monoisotopic (exact) mass is 246 g/mol. The van der Waals surface area contributed by atoms with Gasteiger partial charge in [0.1, 0.15) is 6.10 Å². The predicted molar refractivity (Wildman–Crippen MR) is 74.6 cm³/mol. The summed E-state index contributed by atoms with van der Waals surface area (Å²) >= 11 is 0. The van der Waals surface area contributed by atoms with Gasteiger partial charge in [-0.15, -0.1) is 0 Å². The molecule has 0 spiro atoms. The largest absolute Gasteiger partial charge is 0.455 e. The SMILES string of the molecule is C=CC(CCCCCC)OC(=O)c1ccccc1. The molecule has 0 bridgehead atoms. The molecule has 0 heterocycles. The predicted octanol–water partition coefficient (Wildman–Crippen LogP) is 4.37. The van der Waals surface area contributed by atoms with Crippen molar-refractivity contribution in [3.8, 4) is 0 Å². The summed E-state index contributed by atoms with van der Waals surface area (Å²) in [5.74, 6) is -0.268. The number of unbranched alkanes of at least 4 members (excludes halogenated alkanes) is 3. The van der Waals surface area contributed by atoms with Crippen LogP contribution >= 0.6 is 0 Å². The molecule has 1 aromatic carbocycles. The van der Waals surface area contributed by atoms with Gasteiger partial charge in [-0.05, 0) is 25.0 Å². The Morgan fingerprint density at radius 3 is 2.61 bits per heavy atom. The summed E-state index contributed by atoms with van der Waals surface area (Å²) in [7, 11) is 0. The number of benzene rings is 1. The third-order valence-electron chi connectivity index (χ3n) is 2.87. The maximum Gasteiger partial charge on any atom is 0.338 e. The van der Waals surface area contributed by atoms with Crippen LogP contribution in [0.3, 0.4) is 0 Å². The average Bonchev–Trinajstić information content (AvgIpc) is 2.43. The van der Waals surface area contributed by atoms with Crippen LogP contribution in [0.25, 0.3) is 0 Å². The van der Waals surface area contributed by atoms with E-state index in [2.05, 4.69) is 13.5 Å². The minimum Gasteiger partial charge on any atom is -0.455 e. The Hall–Kier alpha value is -1.57. The molecule has 0 N–H and O–H groups in total. The molecule has 98 valence electrons. The molecule has 0 aromatic heterocycles. The zero-order valence-corrected chi connectivity index (χ0v) is 11.1. The highest BCUT2D eigenvalue weighted by Crippen LogP contribution is 2.11. The van der Waals surface area contributed by atoms with Crippen molar-refractivity contribution in [3.05, 3.63) is 48.6 Å². The van der Waals surface area contributed by atoms with Gasteiger partial charge in [0.05, 0.1) is 5.56 Å². The van der Waals surface area contributed by atoms with E-state index < -0.39 is 0 Å². The number of hydrogen-bond acceptors (Lipinski definition) is 2. The lowest BCUT2D eigenvalue weighted by atomic mass is 10.1.